The monoisotopic (exact) mass is 426 g/mol. The molecule has 0 aliphatic carbocycles. The molecule has 0 aliphatic heterocycles. The van der Waals surface area contributed by atoms with Gasteiger partial charge in [0.15, 0.2) is 5.13 Å². The minimum absolute atomic E-state index is 0.172. The van der Waals surface area contributed by atoms with Gasteiger partial charge in [0.25, 0.3) is 0 Å². The van der Waals surface area contributed by atoms with E-state index in [-0.39, 0.29) is 17.5 Å². The van der Waals surface area contributed by atoms with Crippen molar-refractivity contribution < 1.29 is 9.18 Å². The lowest BCUT2D eigenvalue weighted by Crippen LogP contribution is -2.13. The lowest BCUT2D eigenvalue weighted by atomic mass is 10.1. The molecule has 26 heavy (non-hydrogen) atoms. The third-order valence-corrected chi connectivity index (χ3v) is 5.99. The molecule has 1 heterocycles. The Hall–Kier alpha value is -1.60. The highest BCUT2D eigenvalue weighted by atomic mass is 35.5. The van der Waals surface area contributed by atoms with Gasteiger partial charge in [-0.05, 0) is 35.9 Å². The number of aromatic nitrogens is 1. The highest BCUT2D eigenvalue weighted by Crippen LogP contribution is 2.30. The molecule has 0 aliphatic rings. The predicted molar refractivity (Wildman–Crippen MR) is 107 cm³/mol. The summed E-state index contributed by atoms with van der Waals surface area (Å²) in [6.45, 7) is 0. The number of anilines is 1. The number of halogens is 3. The number of amides is 1. The average molecular weight is 427 g/mol. The van der Waals surface area contributed by atoms with Gasteiger partial charge in [-0.2, -0.15) is 0 Å². The fourth-order valence-corrected chi connectivity index (χ4v) is 4.29. The Morgan fingerprint density at radius 2 is 1.96 bits per heavy atom. The standard InChI is InChI=1S/C18H13Cl2FN2OS2/c19-12-3-6-15(20)16(8-12)25-10-17(24)23-18-22-9-14(26-18)7-11-1-4-13(21)5-2-11/h1-6,8-9H,7,10H2,(H,22,23,24). The van der Waals surface area contributed by atoms with Crippen molar-refractivity contribution in [2.24, 2.45) is 0 Å². The van der Waals surface area contributed by atoms with Crippen LogP contribution in [0.2, 0.25) is 10.0 Å². The number of nitrogens with one attached hydrogen (secondary N) is 1. The SMILES string of the molecule is O=C(CSc1cc(Cl)ccc1Cl)Nc1ncc(Cc2ccc(F)cc2)s1. The Morgan fingerprint density at radius 3 is 2.73 bits per heavy atom. The van der Waals surface area contributed by atoms with E-state index in [1.807, 2.05) is 0 Å². The number of rotatable bonds is 6. The fourth-order valence-electron chi connectivity index (χ4n) is 2.14. The van der Waals surface area contributed by atoms with Crippen LogP contribution in [0.1, 0.15) is 10.4 Å². The number of nitrogens with zero attached hydrogens (tertiary/aromatic N) is 1. The second kappa shape index (κ2) is 8.86. The molecule has 3 aromatic rings. The van der Waals surface area contributed by atoms with Crippen LogP contribution in [0, 0.1) is 5.82 Å². The Kier molecular flexibility index (Phi) is 6.53. The van der Waals surface area contributed by atoms with Gasteiger partial charge in [-0.25, -0.2) is 9.37 Å². The Balaban J connectivity index is 1.54. The van der Waals surface area contributed by atoms with E-state index in [0.717, 1.165) is 15.3 Å². The van der Waals surface area contributed by atoms with Crippen molar-refractivity contribution in [2.45, 2.75) is 11.3 Å². The van der Waals surface area contributed by atoms with Gasteiger partial charge in [-0.1, -0.05) is 35.3 Å². The quantitative estimate of drug-likeness (QED) is 0.498. The first-order valence-corrected chi connectivity index (χ1v) is 10.1. The van der Waals surface area contributed by atoms with Crippen LogP contribution in [0.5, 0.6) is 0 Å². The van der Waals surface area contributed by atoms with Crippen molar-refractivity contribution in [1.82, 2.24) is 4.98 Å². The number of carbonyl (C=O) groups is 1. The maximum absolute atomic E-state index is 12.9. The smallest absolute Gasteiger partial charge is 0.236 e. The summed E-state index contributed by atoms with van der Waals surface area (Å²) < 4.78 is 12.9. The van der Waals surface area contributed by atoms with Crippen LogP contribution in [0.3, 0.4) is 0 Å². The zero-order valence-electron chi connectivity index (χ0n) is 13.3. The van der Waals surface area contributed by atoms with Gasteiger partial charge < -0.3 is 5.32 Å². The summed E-state index contributed by atoms with van der Waals surface area (Å²) in [5.41, 5.74) is 0.985. The molecule has 1 aromatic heterocycles. The van der Waals surface area contributed by atoms with E-state index in [4.69, 9.17) is 23.2 Å². The van der Waals surface area contributed by atoms with Crippen LogP contribution < -0.4 is 5.32 Å². The number of carbonyl (C=O) groups excluding carboxylic acids is 1. The van der Waals surface area contributed by atoms with Crippen LogP contribution in [-0.4, -0.2) is 16.6 Å². The lowest BCUT2D eigenvalue weighted by molar-refractivity contribution is -0.113. The summed E-state index contributed by atoms with van der Waals surface area (Å²) in [6, 6.07) is 11.5. The van der Waals surface area contributed by atoms with Gasteiger partial charge in [0.1, 0.15) is 5.82 Å². The number of thioether (sulfide) groups is 1. The summed E-state index contributed by atoms with van der Waals surface area (Å²) in [4.78, 5) is 18.1. The molecule has 0 bridgehead atoms. The molecule has 3 rings (SSSR count). The van der Waals surface area contributed by atoms with Gasteiger partial charge in [0.2, 0.25) is 5.91 Å². The van der Waals surface area contributed by atoms with E-state index >= 15 is 0 Å². The molecule has 0 saturated carbocycles. The van der Waals surface area contributed by atoms with Crippen molar-refractivity contribution >= 4 is 57.3 Å². The van der Waals surface area contributed by atoms with E-state index in [9.17, 15) is 9.18 Å². The molecule has 0 fully saturated rings. The van der Waals surface area contributed by atoms with Crippen molar-refractivity contribution in [1.29, 1.82) is 0 Å². The first kappa shape index (κ1) is 19.2. The van der Waals surface area contributed by atoms with Crippen LogP contribution in [0.25, 0.3) is 0 Å². The second-order valence-electron chi connectivity index (χ2n) is 5.35. The molecular weight excluding hydrogens is 414 g/mol. The highest BCUT2D eigenvalue weighted by molar-refractivity contribution is 8.00. The predicted octanol–water partition coefficient (Wildman–Crippen LogP) is 5.91. The number of hydrogen-bond acceptors (Lipinski definition) is 4. The zero-order valence-corrected chi connectivity index (χ0v) is 16.5. The normalized spacial score (nSPS) is 10.7. The Morgan fingerprint density at radius 1 is 1.19 bits per heavy atom. The van der Waals surface area contributed by atoms with E-state index in [2.05, 4.69) is 10.3 Å². The summed E-state index contributed by atoms with van der Waals surface area (Å²) >= 11 is 14.7. The minimum atomic E-state index is -0.261. The molecule has 3 nitrogen and oxygen atoms in total. The number of hydrogen-bond donors (Lipinski definition) is 1. The first-order valence-electron chi connectivity index (χ1n) is 7.56. The Labute approximate surface area is 168 Å². The van der Waals surface area contributed by atoms with E-state index in [1.165, 1.54) is 35.2 Å². The van der Waals surface area contributed by atoms with Gasteiger partial charge in [0, 0.05) is 27.4 Å². The third-order valence-electron chi connectivity index (χ3n) is 3.34. The zero-order chi connectivity index (χ0) is 18.5. The Bertz CT molecular complexity index is 916. The fraction of sp³-hybridized carbons (Fsp3) is 0.111. The van der Waals surface area contributed by atoms with Gasteiger partial charge in [0.05, 0.1) is 10.8 Å². The molecule has 0 spiro atoms. The average Bonchev–Trinajstić information content (AvgIpc) is 3.04. The number of thiazole rings is 1. The molecule has 1 N–H and O–H groups in total. The highest BCUT2D eigenvalue weighted by Gasteiger charge is 2.10. The van der Waals surface area contributed by atoms with Gasteiger partial charge in [-0.15, -0.1) is 23.1 Å². The van der Waals surface area contributed by atoms with Crippen LogP contribution in [-0.2, 0) is 11.2 Å². The lowest BCUT2D eigenvalue weighted by Gasteiger charge is -2.04. The summed E-state index contributed by atoms with van der Waals surface area (Å²) in [5.74, 6) is -0.232. The van der Waals surface area contributed by atoms with Gasteiger partial charge in [-0.3, -0.25) is 4.79 Å². The summed E-state index contributed by atoms with van der Waals surface area (Å²) in [7, 11) is 0. The molecule has 0 unspecified atom stereocenters. The van der Waals surface area contributed by atoms with Crippen molar-refractivity contribution in [3.05, 3.63) is 75.0 Å². The third kappa shape index (κ3) is 5.45. The largest absolute Gasteiger partial charge is 0.301 e. The maximum atomic E-state index is 12.9. The van der Waals surface area contributed by atoms with Crippen molar-refractivity contribution in [3.8, 4) is 0 Å². The summed E-state index contributed by atoms with van der Waals surface area (Å²) in [5, 5.41) is 4.44. The van der Waals surface area contributed by atoms with Crippen LogP contribution in [0.4, 0.5) is 9.52 Å². The van der Waals surface area contributed by atoms with Crippen molar-refractivity contribution in [2.75, 3.05) is 11.1 Å². The van der Waals surface area contributed by atoms with Crippen LogP contribution >= 0.6 is 46.3 Å². The summed E-state index contributed by atoms with van der Waals surface area (Å²) in [6.07, 6.45) is 2.35. The van der Waals surface area contributed by atoms with Crippen LogP contribution in [0.15, 0.2) is 53.6 Å². The maximum Gasteiger partial charge on any atom is 0.236 e. The first-order chi connectivity index (χ1) is 12.5. The van der Waals surface area contributed by atoms with E-state index < -0.39 is 0 Å². The molecule has 134 valence electrons. The van der Waals surface area contributed by atoms with Gasteiger partial charge >= 0.3 is 0 Å². The minimum Gasteiger partial charge on any atom is -0.301 e. The molecule has 2 aromatic carbocycles. The van der Waals surface area contributed by atoms with E-state index in [1.54, 1.807) is 36.5 Å². The van der Waals surface area contributed by atoms with Crippen molar-refractivity contribution in [3.63, 3.8) is 0 Å². The second-order valence-corrected chi connectivity index (χ2v) is 8.32. The molecule has 0 saturated heterocycles. The van der Waals surface area contributed by atoms with E-state index in [0.29, 0.717) is 21.6 Å². The molecule has 0 atom stereocenters. The molecule has 8 heteroatoms. The number of benzene rings is 2. The topological polar surface area (TPSA) is 42.0 Å². The molecule has 1 amide bonds. The molecular formula is C18H13Cl2FN2OS2. The molecule has 0 radical (unpaired) electrons.